The summed E-state index contributed by atoms with van der Waals surface area (Å²) in [5.74, 6) is 0.912. The maximum Gasteiger partial charge on any atom is 0.255 e. The number of aryl methyl sites for hydroxylation is 1. The van der Waals surface area contributed by atoms with E-state index in [1.165, 1.54) is 0 Å². The summed E-state index contributed by atoms with van der Waals surface area (Å²) in [4.78, 5) is 35.1. The molecule has 1 aromatic carbocycles. The first-order valence-corrected chi connectivity index (χ1v) is 12.6. The van der Waals surface area contributed by atoms with E-state index in [-0.39, 0.29) is 17.9 Å². The summed E-state index contributed by atoms with van der Waals surface area (Å²) in [7, 11) is 0. The molecule has 8 nitrogen and oxygen atoms in total. The van der Waals surface area contributed by atoms with Crippen LogP contribution in [0.1, 0.15) is 50.3 Å². The van der Waals surface area contributed by atoms with Crippen molar-refractivity contribution < 1.29 is 14.3 Å². The van der Waals surface area contributed by atoms with Crippen LogP contribution < -0.4 is 14.5 Å². The van der Waals surface area contributed by atoms with Gasteiger partial charge in [-0.25, -0.2) is 4.98 Å². The number of pyridine rings is 1. The molecule has 2 amide bonds. The van der Waals surface area contributed by atoms with Crippen molar-refractivity contribution in [2.75, 3.05) is 22.9 Å². The Labute approximate surface area is 210 Å². The smallest absolute Gasteiger partial charge is 0.255 e. The minimum absolute atomic E-state index is 0.0206. The molecule has 9 heteroatoms. The third-order valence-corrected chi connectivity index (χ3v) is 7.94. The number of likely N-dealkylation sites (tertiary alicyclic amines) is 1. The average Bonchev–Trinajstić information content (AvgIpc) is 3.06. The summed E-state index contributed by atoms with van der Waals surface area (Å²) >= 11 is 4.88. The summed E-state index contributed by atoms with van der Waals surface area (Å²) in [6, 6.07) is 11.8. The van der Waals surface area contributed by atoms with Crippen LogP contribution in [0.25, 0.3) is 0 Å². The molecule has 3 heterocycles. The number of anilines is 2. The molecule has 1 spiro atoms. The molecule has 2 aliphatic heterocycles. The molecular formula is C26H29N5O3S. The third-order valence-electron chi connectivity index (χ3n) is 7.47. The van der Waals surface area contributed by atoms with Crippen LogP contribution in [0, 0.1) is 18.3 Å². The van der Waals surface area contributed by atoms with E-state index in [9.17, 15) is 14.9 Å². The van der Waals surface area contributed by atoms with Crippen molar-refractivity contribution in [2.24, 2.45) is 0 Å². The zero-order chi connectivity index (χ0) is 24.7. The molecule has 0 N–H and O–H groups in total. The van der Waals surface area contributed by atoms with Crippen LogP contribution in [0.15, 0.2) is 36.5 Å². The zero-order valence-corrected chi connectivity index (χ0v) is 20.9. The van der Waals surface area contributed by atoms with Gasteiger partial charge in [-0.2, -0.15) is 5.26 Å². The molecule has 1 unspecified atom stereocenters. The molecule has 5 rings (SSSR count). The van der Waals surface area contributed by atoms with Gasteiger partial charge in [0.15, 0.2) is 5.50 Å². The Balaban J connectivity index is 1.35. The van der Waals surface area contributed by atoms with Crippen LogP contribution in [0.3, 0.4) is 0 Å². The maximum absolute atomic E-state index is 13.7. The monoisotopic (exact) mass is 491 g/mol. The number of carbonyl (C=O) groups excluding carboxylic acids is 2. The van der Waals surface area contributed by atoms with Gasteiger partial charge in [0.25, 0.3) is 5.91 Å². The number of piperidine rings is 1. The molecule has 2 aromatic rings. The van der Waals surface area contributed by atoms with Gasteiger partial charge < -0.3 is 14.5 Å². The van der Waals surface area contributed by atoms with Gasteiger partial charge >= 0.3 is 0 Å². The Hall–Kier alpha value is -3.25. The van der Waals surface area contributed by atoms with E-state index in [1.54, 1.807) is 18.0 Å². The first-order chi connectivity index (χ1) is 16.8. The number of aromatic nitrogens is 1. The van der Waals surface area contributed by atoms with E-state index in [4.69, 9.17) is 17.4 Å². The molecule has 0 radical (unpaired) electrons. The Morgan fingerprint density at radius 2 is 1.89 bits per heavy atom. The molecule has 3 aliphatic rings. The van der Waals surface area contributed by atoms with Gasteiger partial charge in [-0.05, 0) is 62.1 Å². The summed E-state index contributed by atoms with van der Waals surface area (Å²) in [6.07, 6.45) is 5.83. The van der Waals surface area contributed by atoms with Gasteiger partial charge in [0.05, 0.1) is 11.9 Å². The lowest BCUT2D eigenvalue weighted by Gasteiger charge is -2.44. The molecule has 182 valence electrons. The van der Waals surface area contributed by atoms with Gasteiger partial charge in [0.1, 0.15) is 29.2 Å². The molecule has 1 aromatic heterocycles. The molecule has 2 saturated heterocycles. The van der Waals surface area contributed by atoms with E-state index >= 15 is 0 Å². The molecule has 3 fully saturated rings. The number of rotatable bonds is 4. The van der Waals surface area contributed by atoms with Crippen molar-refractivity contribution >= 4 is 35.8 Å². The maximum atomic E-state index is 13.7. The molecule has 1 aliphatic carbocycles. The van der Waals surface area contributed by atoms with Crippen LogP contribution >= 0.6 is 12.6 Å². The highest BCUT2D eigenvalue weighted by molar-refractivity contribution is 7.81. The highest BCUT2D eigenvalue weighted by atomic mass is 32.1. The molecular weight excluding hydrogens is 462 g/mol. The largest absolute Gasteiger partial charge is 0.490 e. The lowest BCUT2D eigenvalue weighted by atomic mass is 9.75. The fourth-order valence-electron chi connectivity index (χ4n) is 5.34. The Bertz CT molecular complexity index is 1180. The lowest BCUT2D eigenvalue weighted by molar-refractivity contribution is -0.130. The number of ether oxygens (including phenoxy) is 1. The summed E-state index contributed by atoms with van der Waals surface area (Å²) in [5, 5.41) is 9.22. The van der Waals surface area contributed by atoms with Crippen LogP contribution in [0.4, 0.5) is 11.4 Å². The minimum atomic E-state index is -0.615. The minimum Gasteiger partial charge on any atom is -0.490 e. The van der Waals surface area contributed by atoms with Crippen LogP contribution in [0.5, 0.6) is 5.75 Å². The zero-order valence-electron chi connectivity index (χ0n) is 20.0. The van der Waals surface area contributed by atoms with Gasteiger partial charge in [0, 0.05) is 38.5 Å². The average molecular weight is 492 g/mol. The summed E-state index contributed by atoms with van der Waals surface area (Å²) < 4.78 is 6.18. The number of nitrogens with zero attached hydrogens (tertiary/aromatic N) is 5. The van der Waals surface area contributed by atoms with Crippen LogP contribution in [0.2, 0.25) is 0 Å². The number of nitriles is 1. The van der Waals surface area contributed by atoms with Gasteiger partial charge in [-0.15, -0.1) is 12.6 Å². The fourth-order valence-corrected chi connectivity index (χ4v) is 5.93. The third kappa shape index (κ3) is 4.00. The first-order valence-electron chi connectivity index (χ1n) is 12.0. The fraction of sp³-hybridized carbons (Fsp3) is 0.462. The SMILES string of the molecule is CC(=O)N1CCC(Oc2ccc(N3C(S)N(c4cnc(C#N)c(C)c4)C(=O)C34CCC4)cc2)CC1. The van der Waals surface area contributed by atoms with Gasteiger partial charge in [0.2, 0.25) is 5.91 Å². The van der Waals surface area contributed by atoms with Crippen molar-refractivity contribution in [1.29, 1.82) is 5.26 Å². The van der Waals surface area contributed by atoms with E-state index in [0.29, 0.717) is 11.4 Å². The second-order valence-electron chi connectivity index (χ2n) is 9.56. The van der Waals surface area contributed by atoms with Crippen molar-refractivity contribution in [1.82, 2.24) is 9.88 Å². The highest BCUT2D eigenvalue weighted by Crippen LogP contribution is 2.50. The predicted octanol–water partition coefficient (Wildman–Crippen LogP) is 3.64. The van der Waals surface area contributed by atoms with Crippen molar-refractivity contribution in [3.05, 3.63) is 47.8 Å². The number of hydrogen-bond donors (Lipinski definition) is 1. The van der Waals surface area contributed by atoms with E-state index < -0.39 is 11.0 Å². The molecule has 35 heavy (non-hydrogen) atoms. The molecule has 1 saturated carbocycles. The Morgan fingerprint density at radius 3 is 2.43 bits per heavy atom. The number of amides is 2. The second kappa shape index (κ2) is 9.08. The van der Waals surface area contributed by atoms with Crippen molar-refractivity contribution in [2.45, 2.75) is 63.1 Å². The van der Waals surface area contributed by atoms with Gasteiger partial charge in [-0.1, -0.05) is 0 Å². The van der Waals surface area contributed by atoms with Crippen LogP contribution in [-0.4, -0.2) is 51.9 Å². The van der Waals surface area contributed by atoms with Crippen LogP contribution in [-0.2, 0) is 9.59 Å². The van der Waals surface area contributed by atoms with E-state index in [0.717, 1.165) is 62.2 Å². The van der Waals surface area contributed by atoms with E-state index in [2.05, 4.69) is 16.0 Å². The topological polar surface area (TPSA) is 89.8 Å². The molecule has 0 bridgehead atoms. The quantitative estimate of drug-likeness (QED) is 0.657. The number of carbonyl (C=O) groups is 2. The normalized spacial score (nSPS) is 21.7. The number of thiol groups is 1. The Morgan fingerprint density at radius 1 is 1.20 bits per heavy atom. The van der Waals surface area contributed by atoms with E-state index in [1.807, 2.05) is 42.2 Å². The van der Waals surface area contributed by atoms with Gasteiger partial charge in [-0.3, -0.25) is 14.5 Å². The molecule has 1 atom stereocenters. The van der Waals surface area contributed by atoms with Crippen molar-refractivity contribution in [3.63, 3.8) is 0 Å². The lowest BCUT2D eigenvalue weighted by Crippen LogP contribution is -2.55. The first kappa shape index (κ1) is 23.5. The number of hydrogen-bond acceptors (Lipinski definition) is 7. The predicted molar refractivity (Wildman–Crippen MR) is 135 cm³/mol. The standard InChI is InChI=1S/C26H29N5O3S/c1-17-14-20(16-28-23(17)15-27)30-24(33)26(10-3-11-26)31(25(30)35)19-4-6-21(7-5-19)34-22-8-12-29(13-9-22)18(2)32/h4-7,14,16,22,25,35H,3,8-13H2,1-2H3. The second-order valence-corrected chi connectivity index (χ2v) is 10.0. The Kier molecular flexibility index (Phi) is 6.09. The number of benzene rings is 1. The summed E-state index contributed by atoms with van der Waals surface area (Å²) in [6.45, 7) is 4.87. The van der Waals surface area contributed by atoms with Crippen molar-refractivity contribution in [3.8, 4) is 11.8 Å². The summed E-state index contributed by atoms with van der Waals surface area (Å²) in [5.41, 5.74) is 1.55. The highest BCUT2D eigenvalue weighted by Gasteiger charge is 2.60.